The van der Waals surface area contributed by atoms with Crippen LogP contribution in [0.4, 0.5) is 11.8 Å². The SMILES string of the molecule is Cc1cc(N2CCC(c3nnc(Cn4cncn4)n3C3CC3)CC2)nc(N)n1. The Morgan fingerprint density at radius 1 is 1.11 bits per heavy atom. The maximum absolute atomic E-state index is 5.82. The number of nitrogens with two attached hydrogens (primary N) is 1. The van der Waals surface area contributed by atoms with Crippen LogP contribution in [0.25, 0.3) is 0 Å². The Bertz CT molecular complexity index is 931. The van der Waals surface area contributed by atoms with E-state index in [1.54, 1.807) is 17.3 Å². The molecule has 1 aliphatic carbocycles. The quantitative estimate of drug-likeness (QED) is 0.704. The zero-order valence-corrected chi connectivity index (χ0v) is 15.9. The number of anilines is 2. The first kappa shape index (κ1) is 17.1. The second kappa shape index (κ2) is 6.84. The first-order valence-electron chi connectivity index (χ1n) is 9.79. The monoisotopic (exact) mass is 380 g/mol. The highest BCUT2D eigenvalue weighted by Gasteiger charge is 2.33. The molecule has 0 radical (unpaired) electrons. The minimum atomic E-state index is 0.336. The molecule has 28 heavy (non-hydrogen) atoms. The summed E-state index contributed by atoms with van der Waals surface area (Å²) in [5.41, 5.74) is 6.72. The molecule has 2 fully saturated rings. The van der Waals surface area contributed by atoms with Gasteiger partial charge >= 0.3 is 0 Å². The highest BCUT2D eigenvalue weighted by Crippen LogP contribution is 2.40. The van der Waals surface area contributed by atoms with Crippen molar-refractivity contribution in [2.24, 2.45) is 0 Å². The molecule has 10 heteroatoms. The fraction of sp³-hybridized carbons (Fsp3) is 0.556. The van der Waals surface area contributed by atoms with Crippen LogP contribution in [0.1, 0.15) is 55.0 Å². The molecule has 146 valence electrons. The molecule has 2 aliphatic rings. The molecule has 5 rings (SSSR count). The van der Waals surface area contributed by atoms with E-state index in [0.29, 0.717) is 24.5 Å². The molecule has 0 aromatic carbocycles. The van der Waals surface area contributed by atoms with Gasteiger partial charge in [0.25, 0.3) is 0 Å². The highest BCUT2D eigenvalue weighted by atomic mass is 15.4. The van der Waals surface area contributed by atoms with Crippen molar-refractivity contribution in [3.8, 4) is 0 Å². The molecule has 1 saturated heterocycles. The molecule has 0 atom stereocenters. The van der Waals surface area contributed by atoms with Gasteiger partial charge in [-0.1, -0.05) is 0 Å². The number of rotatable bonds is 5. The lowest BCUT2D eigenvalue weighted by molar-refractivity contribution is 0.458. The van der Waals surface area contributed by atoms with E-state index < -0.39 is 0 Å². The molecule has 10 nitrogen and oxygen atoms in total. The Balaban J connectivity index is 1.33. The number of hydrogen-bond acceptors (Lipinski definition) is 8. The molecule has 3 aromatic rings. The molecule has 0 spiro atoms. The summed E-state index contributed by atoms with van der Waals surface area (Å²) in [7, 11) is 0. The van der Waals surface area contributed by atoms with Gasteiger partial charge < -0.3 is 15.2 Å². The standard InChI is InChI=1S/C18H24N10/c1-12-8-15(23-18(19)22-12)26-6-4-13(5-7-26)17-25-24-16(28(17)14-2-3-14)9-27-11-20-10-21-27/h8,10-11,13-14H,2-7,9H2,1H3,(H2,19,22,23). The van der Waals surface area contributed by atoms with Gasteiger partial charge in [-0.25, -0.2) is 14.6 Å². The summed E-state index contributed by atoms with van der Waals surface area (Å²) in [4.78, 5) is 14.9. The predicted octanol–water partition coefficient (Wildman–Crippen LogP) is 1.32. The topological polar surface area (TPSA) is 116 Å². The van der Waals surface area contributed by atoms with Crippen LogP contribution < -0.4 is 10.6 Å². The van der Waals surface area contributed by atoms with E-state index in [-0.39, 0.29) is 0 Å². The van der Waals surface area contributed by atoms with Crippen molar-refractivity contribution in [1.82, 2.24) is 39.5 Å². The second-order valence-electron chi connectivity index (χ2n) is 7.66. The van der Waals surface area contributed by atoms with Crippen molar-refractivity contribution in [3.63, 3.8) is 0 Å². The van der Waals surface area contributed by atoms with Gasteiger partial charge in [-0.3, -0.25) is 0 Å². The maximum atomic E-state index is 5.82. The Morgan fingerprint density at radius 3 is 2.61 bits per heavy atom. The normalized spacial score (nSPS) is 18.0. The summed E-state index contributed by atoms with van der Waals surface area (Å²) in [5, 5.41) is 13.3. The fourth-order valence-corrected chi connectivity index (χ4v) is 4.02. The summed E-state index contributed by atoms with van der Waals surface area (Å²) in [6.45, 7) is 4.41. The van der Waals surface area contributed by atoms with Gasteiger partial charge in [0.2, 0.25) is 5.95 Å². The van der Waals surface area contributed by atoms with E-state index in [2.05, 4.69) is 39.7 Å². The van der Waals surface area contributed by atoms with Crippen molar-refractivity contribution in [1.29, 1.82) is 0 Å². The van der Waals surface area contributed by atoms with Gasteiger partial charge in [-0.2, -0.15) is 10.1 Å². The van der Waals surface area contributed by atoms with Crippen molar-refractivity contribution >= 4 is 11.8 Å². The Hall–Kier alpha value is -3.04. The van der Waals surface area contributed by atoms with Gasteiger partial charge in [-0.05, 0) is 32.6 Å². The molecule has 1 saturated carbocycles. The summed E-state index contributed by atoms with van der Waals surface area (Å²) in [6.07, 6.45) is 7.73. The fourth-order valence-electron chi connectivity index (χ4n) is 4.02. The van der Waals surface area contributed by atoms with E-state index in [1.165, 1.54) is 12.8 Å². The van der Waals surface area contributed by atoms with Crippen molar-refractivity contribution < 1.29 is 0 Å². The lowest BCUT2D eigenvalue weighted by Gasteiger charge is -2.32. The van der Waals surface area contributed by atoms with Crippen LogP contribution in [0.15, 0.2) is 18.7 Å². The predicted molar refractivity (Wildman–Crippen MR) is 103 cm³/mol. The van der Waals surface area contributed by atoms with Crippen LogP contribution in [-0.4, -0.2) is 52.6 Å². The van der Waals surface area contributed by atoms with E-state index >= 15 is 0 Å². The number of nitrogen functional groups attached to an aromatic ring is 1. The summed E-state index contributed by atoms with van der Waals surface area (Å²) >= 11 is 0. The lowest BCUT2D eigenvalue weighted by atomic mass is 9.95. The van der Waals surface area contributed by atoms with Crippen LogP contribution in [0, 0.1) is 6.92 Å². The van der Waals surface area contributed by atoms with Gasteiger partial charge in [0.1, 0.15) is 30.8 Å². The van der Waals surface area contributed by atoms with E-state index in [9.17, 15) is 0 Å². The first-order chi connectivity index (χ1) is 13.7. The van der Waals surface area contributed by atoms with Crippen LogP contribution in [0.3, 0.4) is 0 Å². The third kappa shape index (κ3) is 3.30. The lowest BCUT2D eigenvalue weighted by Crippen LogP contribution is -2.34. The number of hydrogen-bond donors (Lipinski definition) is 1. The first-order valence-corrected chi connectivity index (χ1v) is 9.79. The van der Waals surface area contributed by atoms with E-state index in [1.807, 2.05) is 13.0 Å². The van der Waals surface area contributed by atoms with Crippen molar-refractivity contribution in [2.75, 3.05) is 23.7 Å². The summed E-state index contributed by atoms with van der Waals surface area (Å²) < 4.78 is 4.16. The van der Waals surface area contributed by atoms with Gasteiger partial charge in [0.15, 0.2) is 5.82 Å². The zero-order valence-electron chi connectivity index (χ0n) is 15.9. The molecular formula is C18H24N10. The number of nitrogens with zero attached hydrogens (tertiary/aromatic N) is 9. The minimum Gasteiger partial charge on any atom is -0.368 e. The molecule has 1 aliphatic heterocycles. The Morgan fingerprint density at radius 2 is 1.93 bits per heavy atom. The average molecular weight is 380 g/mol. The third-order valence-corrected chi connectivity index (χ3v) is 5.52. The Kier molecular flexibility index (Phi) is 4.18. The molecule has 4 heterocycles. The van der Waals surface area contributed by atoms with Gasteiger partial charge in [-0.15, -0.1) is 10.2 Å². The van der Waals surface area contributed by atoms with Gasteiger partial charge in [0, 0.05) is 36.8 Å². The highest BCUT2D eigenvalue weighted by molar-refractivity contribution is 5.43. The second-order valence-corrected chi connectivity index (χ2v) is 7.66. The van der Waals surface area contributed by atoms with Crippen LogP contribution in [-0.2, 0) is 6.54 Å². The number of piperidine rings is 1. The molecule has 3 aromatic heterocycles. The average Bonchev–Trinajstić information content (AvgIpc) is 3.22. The summed E-state index contributed by atoms with van der Waals surface area (Å²) in [5.74, 6) is 3.76. The smallest absolute Gasteiger partial charge is 0.222 e. The van der Waals surface area contributed by atoms with Crippen LogP contribution >= 0.6 is 0 Å². The Labute approximate surface area is 162 Å². The van der Waals surface area contributed by atoms with Gasteiger partial charge in [0.05, 0.1) is 0 Å². The number of aryl methyl sites for hydroxylation is 1. The maximum Gasteiger partial charge on any atom is 0.222 e. The largest absolute Gasteiger partial charge is 0.368 e. The van der Waals surface area contributed by atoms with E-state index in [4.69, 9.17) is 5.73 Å². The van der Waals surface area contributed by atoms with Crippen molar-refractivity contribution in [3.05, 3.63) is 36.1 Å². The number of aromatic nitrogens is 8. The van der Waals surface area contributed by atoms with Crippen molar-refractivity contribution in [2.45, 2.75) is 51.1 Å². The minimum absolute atomic E-state index is 0.336. The van der Waals surface area contributed by atoms with E-state index in [0.717, 1.165) is 49.1 Å². The molecule has 0 amide bonds. The molecular weight excluding hydrogens is 356 g/mol. The molecule has 2 N–H and O–H groups in total. The van der Waals surface area contributed by atoms with Crippen LogP contribution in [0.5, 0.6) is 0 Å². The third-order valence-electron chi connectivity index (χ3n) is 5.52. The molecule has 0 unspecified atom stereocenters. The zero-order chi connectivity index (χ0) is 19.1. The van der Waals surface area contributed by atoms with Crippen LogP contribution in [0.2, 0.25) is 0 Å². The molecule has 0 bridgehead atoms. The summed E-state index contributed by atoms with van der Waals surface area (Å²) in [6, 6.07) is 2.53.